The summed E-state index contributed by atoms with van der Waals surface area (Å²) in [5.74, 6) is 1.45. The van der Waals surface area contributed by atoms with Crippen molar-refractivity contribution in [3.63, 3.8) is 0 Å². The quantitative estimate of drug-likeness (QED) is 0.603. The van der Waals surface area contributed by atoms with Crippen LogP contribution in [0, 0.1) is 13.8 Å². The summed E-state index contributed by atoms with van der Waals surface area (Å²) < 4.78 is 4.75. The summed E-state index contributed by atoms with van der Waals surface area (Å²) in [7, 11) is 1.35. The minimum Gasteiger partial charge on any atom is -0.465 e. The molecule has 27 heavy (non-hydrogen) atoms. The Balaban J connectivity index is 1.85. The van der Waals surface area contributed by atoms with Crippen molar-refractivity contribution in [2.45, 2.75) is 13.8 Å². The predicted molar refractivity (Wildman–Crippen MR) is 107 cm³/mol. The van der Waals surface area contributed by atoms with Crippen LogP contribution in [0.1, 0.15) is 21.7 Å². The third kappa shape index (κ3) is 4.54. The Hall–Kier alpha value is -3.12. The smallest absolute Gasteiger partial charge is 0.337 e. The number of hydrogen-bond acceptors (Lipinski definition) is 6. The van der Waals surface area contributed by atoms with E-state index in [9.17, 15) is 4.79 Å². The van der Waals surface area contributed by atoms with Gasteiger partial charge in [-0.1, -0.05) is 23.7 Å². The second-order valence-corrected chi connectivity index (χ2v) is 6.33. The highest BCUT2D eigenvalue weighted by molar-refractivity contribution is 6.31. The molecule has 2 aromatic carbocycles. The van der Waals surface area contributed by atoms with Gasteiger partial charge in [0.1, 0.15) is 17.5 Å². The van der Waals surface area contributed by atoms with E-state index in [4.69, 9.17) is 16.3 Å². The molecular weight excluding hydrogens is 364 g/mol. The topological polar surface area (TPSA) is 76.1 Å². The molecule has 0 atom stereocenters. The van der Waals surface area contributed by atoms with Crippen molar-refractivity contribution < 1.29 is 9.53 Å². The predicted octanol–water partition coefficient (Wildman–Crippen LogP) is 5.02. The van der Waals surface area contributed by atoms with E-state index in [1.54, 1.807) is 24.3 Å². The van der Waals surface area contributed by atoms with E-state index in [2.05, 4.69) is 20.6 Å². The van der Waals surface area contributed by atoms with Crippen LogP contribution < -0.4 is 10.6 Å². The average molecular weight is 383 g/mol. The zero-order valence-electron chi connectivity index (χ0n) is 15.2. The molecule has 0 saturated heterocycles. The van der Waals surface area contributed by atoms with Gasteiger partial charge < -0.3 is 15.4 Å². The van der Waals surface area contributed by atoms with Gasteiger partial charge in [-0.25, -0.2) is 14.8 Å². The molecule has 1 heterocycles. The van der Waals surface area contributed by atoms with Gasteiger partial charge in [0.15, 0.2) is 0 Å². The molecule has 1 aromatic heterocycles. The van der Waals surface area contributed by atoms with Crippen molar-refractivity contribution in [1.29, 1.82) is 0 Å². The number of halogens is 1. The van der Waals surface area contributed by atoms with Gasteiger partial charge in [0.25, 0.3) is 0 Å². The Kier molecular flexibility index (Phi) is 5.57. The summed E-state index contributed by atoms with van der Waals surface area (Å²) >= 11 is 6.18. The molecule has 3 aromatic rings. The minimum atomic E-state index is -0.392. The second kappa shape index (κ2) is 8.05. The van der Waals surface area contributed by atoms with E-state index >= 15 is 0 Å². The van der Waals surface area contributed by atoms with Crippen molar-refractivity contribution in [2.75, 3.05) is 17.7 Å². The highest BCUT2D eigenvalue weighted by Gasteiger charge is 2.09. The summed E-state index contributed by atoms with van der Waals surface area (Å²) in [5, 5.41) is 7.14. The standard InChI is InChI=1S/C20H19ClN4O2/c1-12-16(21)8-5-9-17(12)25-19-11-18(22-13(2)23-19)24-15-7-4-6-14(10-15)20(26)27-3/h4-11H,1-3H3,(H2,22,23,24,25). The molecule has 0 aliphatic carbocycles. The van der Waals surface area contributed by atoms with Crippen LogP contribution in [0.25, 0.3) is 0 Å². The first-order valence-electron chi connectivity index (χ1n) is 8.29. The van der Waals surface area contributed by atoms with E-state index in [0.717, 1.165) is 16.9 Å². The van der Waals surface area contributed by atoms with Crippen molar-refractivity contribution in [2.24, 2.45) is 0 Å². The van der Waals surface area contributed by atoms with Gasteiger partial charge in [0.05, 0.1) is 12.7 Å². The van der Waals surface area contributed by atoms with Gasteiger partial charge in [0, 0.05) is 22.5 Å². The van der Waals surface area contributed by atoms with Crippen LogP contribution >= 0.6 is 11.6 Å². The molecular formula is C20H19ClN4O2. The van der Waals surface area contributed by atoms with Gasteiger partial charge in [-0.15, -0.1) is 0 Å². The molecule has 0 bridgehead atoms. The van der Waals surface area contributed by atoms with Crippen molar-refractivity contribution in [3.8, 4) is 0 Å². The van der Waals surface area contributed by atoms with E-state index in [1.807, 2.05) is 38.1 Å². The Morgan fingerprint density at radius 1 is 1.00 bits per heavy atom. The van der Waals surface area contributed by atoms with Crippen LogP contribution in [0.2, 0.25) is 5.02 Å². The highest BCUT2D eigenvalue weighted by atomic mass is 35.5. The third-order valence-electron chi connectivity index (χ3n) is 3.92. The number of esters is 1. The molecule has 0 amide bonds. The van der Waals surface area contributed by atoms with Gasteiger partial charge in [-0.3, -0.25) is 0 Å². The molecule has 138 valence electrons. The van der Waals surface area contributed by atoms with Crippen LogP contribution in [0.3, 0.4) is 0 Å². The molecule has 2 N–H and O–H groups in total. The third-order valence-corrected chi connectivity index (χ3v) is 4.33. The number of ether oxygens (including phenoxy) is 1. The first-order chi connectivity index (χ1) is 13.0. The fourth-order valence-electron chi connectivity index (χ4n) is 2.57. The van der Waals surface area contributed by atoms with Crippen LogP contribution in [0.4, 0.5) is 23.0 Å². The number of anilines is 4. The molecule has 0 aliphatic heterocycles. The number of aromatic nitrogens is 2. The Morgan fingerprint density at radius 3 is 2.44 bits per heavy atom. The Morgan fingerprint density at radius 2 is 1.70 bits per heavy atom. The maximum Gasteiger partial charge on any atom is 0.337 e. The lowest BCUT2D eigenvalue weighted by molar-refractivity contribution is 0.0601. The van der Waals surface area contributed by atoms with Crippen molar-refractivity contribution >= 4 is 40.6 Å². The molecule has 3 rings (SSSR count). The summed E-state index contributed by atoms with van der Waals surface area (Å²) in [4.78, 5) is 20.5. The minimum absolute atomic E-state index is 0.392. The first-order valence-corrected chi connectivity index (χ1v) is 8.67. The number of nitrogens with zero attached hydrogens (tertiary/aromatic N) is 2. The molecule has 0 unspecified atom stereocenters. The molecule has 0 radical (unpaired) electrons. The maximum absolute atomic E-state index is 11.7. The lowest BCUT2D eigenvalue weighted by Crippen LogP contribution is -2.04. The van der Waals surface area contributed by atoms with E-state index in [1.165, 1.54) is 7.11 Å². The fraction of sp³-hybridized carbons (Fsp3) is 0.150. The monoisotopic (exact) mass is 382 g/mol. The number of benzene rings is 2. The van der Waals surface area contributed by atoms with Gasteiger partial charge in [0.2, 0.25) is 0 Å². The van der Waals surface area contributed by atoms with E-state index < -0.39 is 5.97 Å². The fourth-order valence-corrected chi connectivity index (χ4v) is 2.74. The molecule has 0 aliphatic rings. The SMILES string of the molecule is COC(=O)c1cccc(Nc2cc(Nc3cccc(Cl)c3C)nc(C)n2)c1. The Bertz CT molecular complexity index is 991. The number of rotatable bonds is 5. The van der Waals surface area contributed by atoms with Crippen molar-refractivity contribution in [3.05, 3.63) is 70.5 Å². The van der Waals surface area contributed by atoms with Gasteiger partial charge in [-0.05, 0) is 49.7 Å². The summed E-state index contributed by atoms with van der Waals surface area (Å²) in [5.41, 5.74) is 3.00. The molecule has 0 fully saturated rings. The van der Waals surface area contributed by atoms with Crippen LogP contribution in [-0.4, -0.2) is 23.0 Å². The number of methoxy groups -OCH3 is 1. The lowest BCUT2D eigenvalue weighted by Gasteiger charge is -2.13. The molecule has 0 saturated carbocycles. The average Bonchev–Trinajstić information content (AvgIpc) is 2.64. The van der Waals surface area contributed by atoms with Crippen LogP contribution in [0.5, 0.6) is 0 Å². The lowest BCUT2D eigenvalue weighted by atomic mass is 10.2. The highest BCUT2D eigenvalue weighted by Crippen LogP contribution is 2.27. The number of aryl methyl sites for hydroxylation is 1. The zero-order chi connectivity index (χ0) is 19.4. The largest absolute Gasteiger partial charge is 0.465 e. The van der Waals surface area contributed by atoms with Gasteiger partial charge in [-0.2, -0.15) is 0 Å². The van der Waals surface area contributed by atoms with Crippen LogP contribution in [0.15, 0.2) is 48.5 Å². The normalized spacial score (nSPS) is 10.4. The summed E-state index contributed by atoms with van der Waals surface area (Å²) in [6, 6.07) is 14.5. The van der Waals surface area contributed by atoms with Gasteiger partial charge >= 0.3 is 5.97 Å². The zero-order valence-corrected chi connectivity index (χ0v) is 16.0. The first kappa shape index (κ1) is 18.7. The Labute approximate surface area is 162 Å². The molecule has 7 heteroatoms. The summed E-state index contributed by atoms with van der Waals surface area (Å²) in [6.45, 7) is 3.75. The molecule has 0 spiro atoms. The van der Waals surface area contributed by atoms with E-state index in [0.29, 0.717) is 28.0 Å². The number of carbonyl (C=O) groups is 1. The molecule has 6 nitrogen and oxygen atoms in total. The van der Waals surface area contributed by atoms with Crippen molar-refractivity contribution in [1.82, 2.24) is 9.97 Å². The number of hydrogen-bond donors (Lipinski definition) is 2. The second-order valence-electron chi connectivity index (χ2n) is 5.92. The number of carbonyl (C=O) groups excluding carboxylic acids is 1. The van der Waals surface area contributed by atoms with E-state index in [-0.39, 0.29) is 0 Å². The number of nitrogens with one attached hydrogen (secondary N) is 2. The van der Waals surface area contributed by atoms with Crippen LogP contribution in [-0.2, 0) is 4.74 Å². The maximum atomic E-state index is 11.7. The summed E-state index contributed by atoms with van der Waals surface area (Å²) in [6.07, 6.45) is 0.